The van der Waals surface area contributed by atoms with E-state index in [4.69, 9.17) is 0 Å². The van der Waals surface area contributed by atoms with Gasteiger partial charge in [0, 0.05) is 15.8 Å². The van der Waals surface area contributed by atoms with E-state index in [9.17, 15) is 8.42 Å². The summed E-state index contributed by atoms with van der Waals surface area (Å²) in [7, 11) is -3.54. The van der Waals surface area contributed by atoms with Crippen molar-refractivity contribution in [1.82, 2.24) is 4.72 Å². The minimum Gasteiger partial charge on any atom is -0.207 e. The van der Waals surface area contributed by atoms with Crippen LogP contribution in [-0.4, -0.2) is 8.42 Å². The fraction of sp³-hybridized carbons (Fsp3) is 0.200. The van der Waals surface area contributed by atoms with Crippen molar-refractivity contribution in [2.24, 2.45) is 0 Å². The first-order valence-corrected chi connectivity index (χ1v) is 9.75. The van der Waals surface area contributed by atoms with E-state index in [0.717, 1.165) is 15.6 Å². The highest BCUT2D eigenvalue weighted by atomic mass is 79.9. The SMILES string of the molecule is C[C@@H](NS(=O)(=O)c1ccc(CBr)cc1)c1ccccc1Br. The van der Waals surface area contributed by atoms with E-state index in [0.29, 0.717) is 5.33 Å². The van der Waals surface area contributed by atoms with Gasteiger partial charge in [-0.15, -0.1) is 0 Å². The van der Waals surface area contributed by atoms with Gasteiger partial charge in [-0.05, 0) is 36.2 Å². The van der Waals surface area contributed by atoms with E-state index >= 15 is 0 Å². The van der Waals surface area contributed by atoms with Crippen LogP contribution in [0, 0.1) is 0 Å². The first-order chi connectivity index (χ1) is 9.94. The number of benzene rings is 2. The molecule has 0 aliphatic carbocycles. The fourth-order valence-electron chi connectivity index (χ4n) is 1.95. The van der Waals surface area contributed by atoms with Crippen molar-refractivity contribution in [1.29, 1.82) is 0 Å². The Labute approximate surface area is 142 Å². The summed E-state index contributed by atoms with van der Waals surface area (Å²) in [4.78, 5) is 0.270. The van der Waals surface area contributed by atoms with E-state index in [1.54, 1.807) is 24.3 Å². The molecule has 21 heavy (non-hydrogen) atoms. The largest absolute Gasteiger partial charge is 0.241 e. The molecule has 0 heterocycles. The molecule has 0 saturated carbocycles. The summed E-state index contributed by atoms with van der Waals surface area (Å²) in [5.74, 6) is 0. The number of hydrogen-bond donors (Lipinski definition) is 1. The lowest BCUT2D eigenvalue weighted by Crippen LogP contribution is -2.27. The van der Waals surface area contributed by atoms with Crippen molar-refractivity contribution in [3.05, 3.63) is 64.1 Å². The molecule has 2 aromatic rings. The zero-order valence-electron chi connectivity index (χ0n) is 11.4. The first kappa shape index (κ1) is 16.7. The second-order valence-corrected chi connectivity index (χ2v) is 7.77. The quantitative estimate of drug-likeness (QED) is 0.712. The highest BCUT2D eigenvalue weighted by Crippen LogP contribution is 2.24. The number of sulfonamides is 1. The van der Waals surface area contributed by atoms with Gasteiger partial charge in [-0.2, -0.15) is 0 Å². The monoisotopic (exact) mass is 431 g/mol. The highest BCUT2D eigenvalue weighted by Gasteiger charge is 2.19. The van der Waals surface area contributed by atoms with Gasteiger partial charge >= 0.3 is 0 Å². The maximum Gasteiger partial charge on any atom is 0.241 e. The predicted molar refractivity (Wildman–Crippen MR) is 92.0 cm³/mol. The third kappa shape index (κ3) is 4.16. The predicted octanol–water partition coefficient (Wildman–Crippen LogP) is 4.38. The molecule has 2 rings (SSSR count). The molecule has 2 aromatic carbocycles. The van der Waals surface area contributed by atoms with Crippen LogP contribution in [0.5, 0.6) is 0 Å². The Hall–Kier alpha value is -0.690. The molecule has 0 saturated heterocycles. The van der Waals surface area contributed by atoms with Crippen molar-refractivity contribution in [3.63, 3.8) is 0 Å². The van der Waals surface area contributed by atoms with Gasteiger partial charge in [0.1, 0.15) is 0 Å². The van der Waals surface area contributed by atoms with Gasteiger partial charge in [-0.1, -0.05) is 62.2 Å². The van der Waals surface area contributed by atoms with Crippen molar-refractivity contribution < 1.29 is 8.42 Å². The van der Waals surface area contributed by atoms with E-state index in [-0.39, 0.29) is 10.9 Å². The van der Waals surface area contributed by atoms with Gasteiger partial charge in [0.15, 0.2) is 0 Å². The van der Waals surface area contributed by atoms with Gasteiger partial charge in [-0.3, -0.25) is 0 Å². The van der Waals surface area contributed by atoms with Crippen LogP contribution in [0.1, 0.15) is 24.1 Å². The summed E-state index contributed by atoms with van der Waals surface area (Å²) < 4.78 is 28.4. The molecule has 6 heteroatoms. The number of hydrogen-bond acceptors (Lipinski definition) is 2. The zero-order valence-corrected chi connectivity index (χ0v) is 15.4. The lowest BCUT2D eigenvalue weighted by Gasteiger charge is -2.16. The molecule has 1 N–H and O–H groups in total. The Morgan fingerprint density at radius 3 is 2.29 bits per heavy atom. The average Bonchev–Trinajstić information content (AvgIpc) is 2.47. The lowest BCUT2D eigenvalue weighted by molar-refractivity contribution is 0.566. The molecule has 0 fully saturated rings. The van der Waals surface area contributed by atoms with Gasteiger partial charge < -0.3 is 0 Å². The molecular formula is C15H15Br2NO2S. The van der Waals surface area contributed by atoms with Gasteiger partial charge in [0.05, 0.1) is 4.90 Å². The number of rotatable bonds is 5. The number of halogens is 2. The van der Waals surface area contributed by atoms with Crippen LogP contribution in [0.15, 0.2) is 57.9 Å². The van der Waals surface area contributed by atoms with Crippen LogP contribution >= 0.6 is 31.9 Å². The van der Waals surface area contributed by atoms with E-state index in [1.165, 1.54) is 0 Å². The Morgan fingerprint density at radius 1 is 1.10 bits per heavy atom. The normalized spacial score (nSPS) is 13.1. The van der Waals surface area contributed by atoms with Gasteiger partial charge in [0.25, 0.3) is 0 Å². The van der Waals surface area contributed by atoms with Crippen molar-refractivity contribution >= 4 is 41.9 Å². The summed E-state index contributed by atoms with van der Waals surface area (Å²) in [5.41, 5.74) is 1.94. The Kier molecular flexibility index (Phi) is 5.60. The molecule has 0 unspecified atom stereocenters. The smallest absolute Gasteiger partial charge is 0.207 e. The van der Waals surface area contributed by atoms with Gasteiger partial charge in [0.2, 0.25) is 10.0 Å². The molecular weight excluding hydrogens is 418 g/mol. The average molecular weight is 433 g/mol. The maximum atomic E-state index is 12.4. The molecule has 0 amide bonds. The van der Waals surface area contributed by atoms with E-state index in [1.807, 2.05) is 31.2 Å². The van der Waals surface area contributed by atoms with Crippen LogP contribution in [0.25, 0.3) is 0 Å². The second kappa shape index (κ2) is 7.05. The molecule has 0 aliphatic heterocycles. The lowest BCUT2D eigenvalue weighted by atomic mass is 10.1. The standard InChI is InChI=1S/C15H15Br2NO2S/c1-11(14-4-2-3-5-15(14)17)18-21(19,20)13-8-6-12(10-16)7-9-13/h2-9,11,18H,10H2,1H3/t11-/m1/s1. The molecule has 0 radical (unpaired) electrons. The van der Waals surface area contributed by atoms with Crippen molar-refractivity contribution in [2.75, 3.05) is 0 Å². The van der Waals surface area contributed by atoms with Crippen molar-refractivity contribution in [3.8, 4) is 0 Å². The minimum atomic E-state index is -3.54. The second-order valence-electron chi connectivity index (χ2n) is 4.64. The van der Waals surface area contributed by atoms with Crippen molar-refractivity contribution in [2.45, 2.75) is 23.2 Å². The van der Waals surface area contributed by atoms with Crippen LogP contribution in [0.4, 0.5) is 0 Å². The Balaban J connectivity index is 2.22. The molecule has 0 aliphatic rings. The maximum absolute atomic E-state index is 12.4. The summed E-state index contributed by atoms with van der Waals surface area (Å²) in [6, 6.07) is 14.1. The third-order valence-corrected chi connectivity index (χ3v) is 6.02. The fourth-order valence-corrected chi connectivity index (χ4v) is 4.17. The van der Waals surface area contributed by atoms with Crippen LogP contribution in [-0.2, 0) is 15.4 Å². The minimum absolute atomic E-state index is 0.270. The topological polar surface area (TPSA) is 46.2 Å². The molecule has 3 nitrogen and oxygen atoms in total. The zero-order chi connectivity index (χ0) is 15.5. The molecule has 112 valence electrons. The van der Waals surface area contributed by atoms with Crippen LogP contribution < -0.4 is 4.72 Å². The van der Waals surface area contributed by atoms with E-state index in [2.05, 4.69) is 36.6 Å². The first-order valence-electron chi connectivity index (χ1n) is 6.35. The van der Waals surface area contributed by atoms with Crippen LogP contribution in [0.2, 0.25) is 0 Å². The Morgan fingerprint density at radius 2 is 1.71 bits per heavy atom. The molecule has 0 spiro atoms. The van der Waals surface area contributed by atoms with Crippen LogP contribution in [0.3, 0.4) is 0 Å². The summed E-state index contributed by atoms with van der Waals surface area (Å²) in [6.45, 7) is 1.82. The summed E-state index contributed by atoms with van der Waals surface area (Å²) in [5, 5.41) is 0.703. The third-order valence-electron chi connectivity index (χ3n) is 3.09. The molecule has 0 aromatic heterocycles. The highest BCUT2D eigenvalue weighted by molar-refractivity contribution is 9.10. The number of alkyl halides is 1. The molecule has 0 bridgehead atoms. The number of nitrogens with one attached hydrogen (secondary N) is 1. The Bertz CT molecular complexity index is 715. The molecule has 1 atom stereocenters. The van der Waals surface area contributed by atoms with E-state index < -0.39 is 10.0 Å². The summed E-state index contributed by atoms with van der Waals surface area (Å²) >= 11 is 6.78. The summed E-state index contributed by atoms with van der Waals surface area (Å²) in [6.07, 6.45) is 0. The van der Waals surface area contributed by atoms with Gasteiger partial charge in [-0.25, -0.2) is 13.1 Å².